The monoisotopic (exact) mass is 375 g/mol. The first-order chi connectivity index (χ1) is 12.2. The summed E-state index contributed by atoms with van der Waals surface area (Å²) in [6.45, 7) is 6.81. The number of hydrogen-bond donors (Lipinski definition) is 1. The molecule has 2 heterocycles. The molecule has 0 aromatic carbocycles. The number of carbonyl (C=O) groups is 2. The molecule has 6 nitrogen and oxygen atoms in total. The summed E-state index contributed by atoms with van der Waals surface area (Å²) in [6.07, 6.45) is 0.888. The summed E-state index contributed by atoms with van der Waals surface area (Å²) in [4.78, 5) is 28.4. The molecule has 1 unspecified atom stereocenters. The highest BCUT2D eigenvalue weighted by Crippen LogP contribution is 2.21. The van der Waals surface area contributed by atoms with Gasteiger partial charge in [-0.1, -0.05) is 0 Å². The fraction of sp³-hybridized carbons (Fsp3) is 0.889. The van der Waals surface area contributed by atoms with Crippen molar-refractivity contribution in [2.75, 3.05) is 26.2 Å². The second-order valence-corrected chi connectivity index (χ2v) is 8.16. The Morgan fingerprint density at radius 2 is 1.77 bits per heavy atom. The lowest BCUT2D eigenvalue weighted by Crippen LogP contribution is -2.56. The van der Waals surface area contributed by atoms with E-state index in [9.17, 15) is 18.4 Å². The van der Waals surface area contributed by atoms with Crippen molar-refractivity contribution >= 4 is 12.0 Å². The van der Waals surface area contributed by atoms with Crippen LogP contribution in [0.2, 0.25) is 0 Å². The third-order valence-electron chi connectivity index (χ3n) is 4.76. The standard InChI is InChI=1S/C18H31F2N3O3/c1-18(2,3)26-17(25)23-9-5-4-6-14(23)16(24)21-13-7-10-22(11-8-13)12-15(19)20/h13-15H,4-12H2,1-3H3,(H,21,24). The number of rotatable bonds is 4. The zero-order valence-electron chi connectivity index (χ0n) is 16.0. The van der Waals surface area contributed by atoms with Crippen molar-refractivity contribution in [1.29, 1.82) is 0 Å². The molecule has 1 N–H and O–H groups in total. The van der Waals surface area contributed by atoms with Crippen LogP contribution in [0.15, 0.2) is 0 Å². The van der Waals surface area contributed by atoms with Crippen molar-refractivity contribution in [1.82, 2.24) is 15.1 Å². The van der Waals surface area contributed by atoms with E-state index in [2.05, 4.69) is 5.32 Å². The van der Waals surface area contributed by atoms with Crippen LogP contribution in [0.3, 0.4) is 0 Å². The molecule has 2 amide bonds. The zero-order valence-corrected chi connectivity index (χ0v) is 16.0. The highest BCUT2D eigenvalue weighted by Gasteiger charge is 2.36. The molecule has 0 saturated carbocycles. The van der Waals surface area contributed by atoms with Gasteiger partial charge in [0.25, 0.3) is 6.43 Å². The van der Waals surface area contributed by atoms with Gasteiger partial charge in [0.2, 0.25) is 5.91 Å². The quantitative estimate of drug-likeness (QED) is 0.821. The molecule has 0 spiro atoms. The average Bonchev–Trinajstić information content (AvgIpc) is 2.54. The first-order valence-electron chi connectivity index (χ1n) is 9.46. The summed E-state index contributed by atoms with van der Waals surface area (Å²) in [7, 11) is 0. The Labute approximate surface area is 154 Å². The number of hydrogen-bond acceptors (Lipinski definition) is 4. The number of ether oxygens (including phenoxy) is 1. The third kappa shape index (κ3) is 6.37. The Kier molecular flexibility index (Phi) is 7.20. The number of likely N-dealkylation sites (tertiary alicyclic amines) is 2. The van der Waals surface area contributed by atoms with E-state index in [0.29, 0.717) is 38.9 Å². The Bertz CT molecular complexity index is 489. The summed E-state index contributed by atoms with van der Waals surface area (Å²) < 4.78 is 30.3. The smallest absolute Gasteiger partial charge is 0.410 e. The van der Waals surface area contributed by atoms with Crippen LogP contribution >= 0.6 is 0 Å². The molecule has 0 aromatic heterocycles. The van der Waals surface area contributed by atoms with Crippen molar-refractivity contribution in [3.05, 3.63) is 0 Å². The maximum Gasteiger partial charge on any atom is 0.410 e. The number of alkyl halides is 2. The van der Waals surface area contributed by atoms with E-state index >= 15 is 0 Å². The van der Waals surface area contributed by atoms with Crippen molar-refractivity contribution in [3.8, 4) is 0 Å². The van der Waals surface area contributed by atoms with Crippen molar-refractivity contribution in [2.24, 2.45) is 0 Å². The molecule has 8 heteroatoms. The lowest BCUT2D eigenvalue weighted by molar-refractivity contribution is -0.128. The number of nitrogens with one attached hydrogen (secondary N) is 1. The minimum absolute atomic E-state index is 0.0289. The molecule has 2 aliphatic rings. The molecule has 0 radical (unpaired) electrons. The van der Waals surface area contributed by atoms with E-state index in [1.54, 1.807) is 25.7 Å². The first-order valence-corrected chi connectivity index (χ1v) is 9.46. The van der Waals surface area contributed by atoms with Gasteiger partial charge in [0, 0.05) is 25.7 Å². The molecule has 1 atom stereocenters. The highest BCUT2D eigenvalue weighted by molar-refractivity contribution is 5.86. The lowest BCUT2D eigenvalue weighted by atomic mass is 10.00. The van der Waals surface area contributed by atoms with Crippen LogP contribution in [-0.4, -0.2) is 72.1 Å². The van der Waals surface area contributed by atoms with Crippen LogP contribution in [0.4, 0.5) is 13.6 Å². The zero-order chi connectivity index (χ0) is 19.3. The molecule has 0 bridgehead atoms. The molecule has 2 fully saturated rings. The minimum Gasteiger partial charge on any atom is -0.444 e. The molecular weight excluding hydrogens is 344 g/mol. The number of amides is 2. The SMILES string of the molecule is CC(C)(C)OC(=O)N1CCCCC1C(=O)NC1CCN(CC(F)F)CC1. The van der Waals surface area contributed by atoms with Crippen LogP contribution in [0.1, 0.15) is 52.9 Å². The van der Waals surface area contributed by atoms with Crippen LogP contribution in [0, 0.1) is 0 Å². The molecule has 150 valence electrons. The van der Waals surface area contributed by atoms with Gasteiger partial charge in [-0.25, -0.2) is 13.6 Å². The third-order valence-corrected chi connectivity index (χ3v) is 4.76. The van der Waals surface area contributed by atoms with Gasteiger partial charge in [-0.3, -0.25) is 14.6 Å². The van der Waals surface area contributed by atoms with Gasteiger partial charge in [0.05, 0.1) is 6.54 Å². The summed E-state index contributed by atoms with van der Waals surface area (Å²) in [5.74, 6) is -0.164. The molecule has 26 heavy (non-hydrogen) atoms. The highest BCUT2D eigenvalue weighted by atomic mass is 19.3. The van der Waals surface area contributed by atoms with Gasteiger partial charge in [0.1, 0.15) is 11.6 Å². The van der Waals surface area contributed by atoms with Crippen LogP contribution in [0.5, 0.6) is 0 Å². The lowest BCUT2D eigenvalue weighted by Gasteiger charge is -2.37. The van der Waals surface area contributed by atoms with Gasteiger partial charge in [-0.2, -0.15) is 0 Å². The second-order valence-electron chi connectivity index (χ2n) is 8.16. The van der Waals surface area contributed by atoms with Crippen LogP contribution < -0.4 is 5.32 Å². The van der Waals surface area contributed by atoms with Gasteiger partial charge in [-0.05, 0) is 52.9 Å². The van der Waals surface area contributed by atoms with E-state index in [-0.39, 0.29) is 18.5 Å². The normalized spacial score (nSPS) is 23.2. The predicted octanol–water partition coefficient (Wildman–Crippen LogP) is 2.62. The molecule has 2 aliphatic heterocycles. The van der Waals surface area contributed by atoms with Gasteiger partial charge >= 0.3 is 6.09 Å². The van der Waals surface area contributed by atoms with Crippen LogP contribution in [0.25, 0.3) is 0 Å². The molecule has 0 aromatic rings. The molecule has 2 saturated heterocycles. The fourth-order valence-electron chi connectivity index (χ4n) is 3.50. The number of nitrogens with zero attached hydrogens (tertiary/aromatic N) is 2. The Morgan fingerprint density at radius 3 is 2.35 bits per heavy atom. The maximum absolute atomic E-state index is 12.7. The maximum atomic E-state index is 12.7. The number of piperidine rings is 2. The Hall–Kier alpha value is -1.44. The summed E-state index contributed by atoms with van der Waals surface area (Å²) in [5.41, 5.74) is -0.604. The molecular formula is C18H31F2N3O3. The summed E-state index contributed by atoms with van der Waals surface area (Å²) in [6, 6.07) is -0.545. The van der Waals surface area contributed by atoms with E-state index in [0.717, 1.165) is 12.8 Å². The van der Waals surface area contributed by atoms with Crippen molar-refractivity contribution in [2.45, 2.75) is 77.0 Å². The van der Waals surface area contributed by atoms with E-state index in [1.807, 2.05) is 0 Å². The van der Waals surface area contributed by atoms with Gasteiger partial charge in [0.15, 0.2) is 0 Å². The summed E-state index contributed by atoms with van der Waals surface area (Å²) in [5, 5.41) is 3.01. The van der Waals surface area contributed by atoms with Crippen LogP contribution in [-0.2, 0) is 9.53 Å². The second kappa shape index (κ2) is 8.97. The largest absolute Gasteiger partial charge is 0.444 e. The Morgan fingerprint density at radius 1 is 1.12 bits per heavy atom. The molecule has 2 rings (SSSR count). The van der Waals surface area contributed by atoms with Crippen molar-refractivity contribution < 1.29 is 23.1 Å². The van der Waals surface area contributed by atoms with Gasteiger partial charge < -0.3 is 10.1 Å². The molecule has 0 aliphatic carbocycles. The van der Waals surface area contributed by atoms with E-state index < -0.39 is 24.2 Å². The first kappa shape index (κ1) is 20.9. The van der Waals surface area contributed by atoms with Gasteiger partial charge in [-0.15, -0.1) is 0 Å². The van der Waals surface area contributed by atoms with E-state index in [4.69, 9.17) is 4.74 Å². The minimum atomic E-state index is -2.33. The topological polar surface area (TPSA) is 61.9 Å². The number of carbonyl (C=O) groups excluding carboxylic acids is 2. The van der Waals surface area contributed by atoms with E-state index in [1.165, 1.54) is 4.90 Å². The fourth-order valence-corrected chi connectivity index (χ4v) is 3.50. The summed E-state index contributed by atoms with van der Waals surface area (Å²) >= 11 is 0. The number of halogens is 2. The predicted molar refractivity (Wildman–Crippen MR) is 94.2 cm³/mol. The van der Waals surface area contributed by atoms with Crippen molar-refractivity contribution in [3.63, 3.8) is 0 Å². The Balaban J connectivity index is 1.87. The average molecular weight is 375 g/mol.